The Morgan fingerprint density at radius 2 is 1.15 bits per heavy atom. The first-order chi connectivity index (χ1) is 12.9. The zero-order valence-electron chi connectivity index (χ0n) is 16.4. The topological polar surface area (TPSA) is 35.2 Å². The molecular weight excluding hydrogens is 346 g/mol. The quantitative estimate of drug-likeness (QED) is 0.565. The van der Waals surface area contributed by atoms with E-state index in [9.17, 15) is 0 Å². The number of benzene rings is 3. The van der Waals surface area contributed by atoms with Gasteiger partial charge in [-0.1, -0.05) is 91.0 Å². The van der Waals surface area contributed by atoms with E-state index < -0.39 is 13.9 Å². The lowest BCUT2D eigenvalue weighted by molar-refractivity contribution is 0.0717. The molecule has 0 aliphatic heterocycles. The van der Waals surface area contributed by atoms with Crippen molar-refractivity contribution in [3.63, 3.8) is 0 Å². The molecule has 1 atom stereocenters. The molecule has 0 unspecified atom stereocenters. The van der Waals surface area contributed by atoms with Crippen LogP contribution in [0.15, 0.2) is 91.0 Å². The van der Waals surface area contributed by atoms with Gasteiger partial charge in [-0.25, -0.2) is 0 Å². The van der Waals surface area contributed by atoms with Crippen LogP contribution in [0.3, 0.4) is 0 Å². The normalized spacial score (nSPS) is 13.3. The fraction of sp³-hybridized carbons (Fsp3) is 0.250. The van der Waals surface area contributed by atoms with Gasteiger partial charge in [0.2, 0.25) is 0 Å². The van der Waals surface area contributed by atoms with Crippen LogP contribution in [0.25, 0.3) is 0 Å². The summed E-state index contributed by atoms with van der Waals surface area (Å²) in [5.41, 5.74) is 9.72. The zero-order valence-corrected chi connectivity index (χ0v) is 17.4. The predicted octanol–water partition coefficient (Wildman–Crippen LogP) is 5.35. The third-order valence-electron chi connectivity index (χ3n) is 4.69. The summed E-state index contributed by atoms with van der Waals surface area (Å²) in [6.45, 7) is 6.68. The Balaban J connectivity index is 2.16. The molecule has 2 N–H and O–H groups in total. The zero-order chi connectivity index (χ0) is 19.3. The maximum absolute atomic E-state index is 6.95. The molecule has 0 aliphatic carbocycles. The minimum Gasteiger partial charge on any atom is -0.403 e. The second kappa shape index (κ2) is 8.22. The summed E-state index contributed by atoms with van der Waals surface area (Å²) >= 11 is 0. The molecule has 3 rings (SSSR count). The predicted molar refractivity (Wildman–Crippen MR) is 116 cm³/mol. The molecule has 3 aromatic rings. The Kier molecular flexibility index (Phi) is 5.95. The number of nitrogens with two attached hydrogens (primary N) is 1. The average molecular weight is 376 g/mol. The molecular formula is C24H29NOSi. The summed E-state index contributed by atoms with van der Waals surface area (Å²) in [4.78, 5) is 0. The summed E-state index contributed by atoms with van der Waals surface area (Å²) in [6, 6.07) is 31.1. The van der Waals surface area contributed by atoms with Crippen LogP contribution in [-0.2, 0) is 16.4 Å². The number of hydrogen-bond donors (Lipinski definition) is 1. The van der Waals surface area contributed by atoms with Crippen molar-refractivity contribution in [2.45, 2.75) is 37.7 Å². The van der Waals surface area contributed by atoms with Crippen molar-refractivity contribution in [3.05, 3.63) is 108 Å². The first kappa shape index (κ1) is 19.6. The standard InChI is InChI=1S/C24H29NOSi/c1-27(2,3)26-24(21-15-9-5-10-16-21,22-17-11-6-12-18-22)23(25)19-20-13-7-4-8-14-20/h4-18,23H,19,25H2,1-3H3/t23-/m0/s1. The summed E-state index contributed by atoms with van der Waals surface area (Å²) in [6.07, 6.45) is 0.745. The third-order valence-corrected chi connectivity index (χ3v) is 5.63. The SMILES string of the molecule is C[Si](C)(C)OC(c1ccccc1)(c1ccccc1)[C@@H](N)Cc1ccccc1. The molecule has 0 aromatic heterocycles. The smallest absolute Gasteiger partial charge is 0.185 e. The lowest BCUT2D eigenvalue weighted by atomic mass is 9.78. The molecule has 0 aliphatic rings. The van der Waals surface area contributed by atoms with E-state index >= 15 is 0 Å². The van der Waals surface area contributed by atoms with Crippen LogP contribution in [0, 0.1) is 0 Å². The monoisotopic (exact) mass is 375 g/mol. The molecule has 0 amide bonds. The summed E-state index contributed by atoms with van der Waals surface area (Å²) in [5, 5.41) is 0. The van der Waals surface area contributed by atoms with Crippen LogP contribution in [0.5, 0.6) is 0 Å². The van der Waals surface area contributed by atoms with Gasteiger partial charge >= 0.3 is 0 Å². The minimum absolute atomic E-state index is 0.212. The van der Waals surface area contributed by atoms with E-state index in [-0.39, 0.29) is 6.04 Å². The lowest BCUT2D eigenvalue weighted by Crippen LogP contribution is -2.54. The van der Waals surface area contributed by atoms with Gasteiger partial charge in [0.05, 0.1) is 0 Å². The van der Waals surface area contributed by atoms with E-state index in [0.29, 0.717) is 0 Å². The van der Waals surface area contributed by atoms with Crippen molar-refractivity contribution in [2.75, 3.05) is 0 Å². The van der Waals surface area contributed by atoms with Crippen LogP contribution in [0.1, 0.15) is 16.7 Å². The molecule has 0 radical (unpaired) electrons. The molecule has 0 saturated carbocycles. The Bertz CT molecular complexity index is 789. The van der Waals surface area contributed by atoms with Gasteiger partial charge in [0.25, 0.3) is 0 Å². The van der Waals surface area contributed by atoms with Crippen LogP contribution in [0.4, 0.5) is 0 Å². The molecule has 0 saturated heterocycles. The van der Waals surface area contributed by atoms with Gasteiger partial charge in [-0.2, -0.15) is 0 Å². The second-order valence-corrected chi connectivity index (χ2v) is 12.4. The van der Waals surface area contributed by atoms with E-state index in [2.05, 4.69) is 92.4 Å². The number of hydrogen-bond acceptors (Lipinski definition) is 2. The fourth-order valence-electron chi connectivity index (χ4n) is 3.65. The van der Waals surface area contributed by atoms with Gasteiger partial charge in [0.15, 0.2) is 8.32 Å². The van der Waals surface area contributed by atoms with E-state index in [1.807, 2.05) is 18.2 Å². The Labute approximate surface area is 164 Å². The van der Waals surface area contributed by atoms with Crippen molar-refractivity contribution in [3.8, 4) is 0 Å². The van der Waals surface area contributed by atoms with Crippen LogP contribution >= 0.6 is 0 Å². The maximum atomic E-state index is 6.95. The second-order valence-electron chi connectivity index (χ2n) is 7.98. The highest BCUT2D eigenvalue weighted by Gasteiger charge is 2.44. The third kappa shape index (κ3) is 4.56. The van der Waals surface area contributed by atoms with E-state index in [1.54, 1.807) is 0 Å². The van der Waals surface area contributed by atoms with Gasteiger partial charge in [0, 0.05) is 6.04 Å². The van der Waals surface area contributed by atoms with Crippen LogP contribution < -0.4 is 5.73 Å². The lowest BCUT2D eigenvalue weighted by Gasteiger charge is -2.44. The van der Waals surface area contributed by atoms with E-state index in [1.165, 1.54) is 5.56 Å². The number of rotatable bonds is 7. The highest BCUT2D eigenvalue weighted by Crippen LogP contribution is 2.40. The fourth-order valence-corrected chi connectivity index (χ4v) is 5.01. The van der Waals surface area contributed by atoms with Gasteiger partial charge in [-0.05, 0) is 42.8 Å². The van der Waals surface area contributed by atoms with Crippen molar-refractivity contribution in [1.29, 1.82) is 0 Å². The minimum atomic E-state index is -1.92. The molecule has 3 aromatic carbocycles. The van der Waals surface area contributed by atoms with Gasteiger partial charge in [-0.3, -0.25) is 0 Å². The summed E-state index contributed by atoms with van der Waals surface area (Å²) < 4.78 is 6.95. The van der Waals surface area contributed by atoms with Gasteiger partial charge in [-0.15, -0.1) is 0 Å². The summed E-state index contributed by atoms with van der Waals surface area (Å²) in [5.74, 6) is 0. The molecule has 0 spiro atoms. The largest absolute Gasteiger partial charge is 0.403 e. The van der Waals surface area contributed by atoms with E-state index in [0.717, 1.165) is 17.5 Å². The van der Waals surface area contributed by atoms with Crippen molar-refractivity contribution < 1.29 is 4.43 Å². The summed E-state index contributed by atoms with van der Waals surface area (Å²) in [7, 11) is -1.92. The van der Waals surface area contributed by atoms with Gasteiger partial charge < -0.3 is 10.2 Å². The van der Waals surface area contributed by atoms with Crippen molar-refractivity contribution >= 4 is 8.32 Å². The molecule has 0 heterocycles. The molecule has 27 heavy (non-hydrogen) atoms. The molecule has 0 fully saturated rings. The van der Waals surface area contributed by atoms with E-state index in [4.69, 9.17) is 10.2 Å². The molecule has 3 heteroatoms. The molecule has 0 bridgehead atoms. The highest BCUT2D eigenvalue weighted by molar-refractivity contribution is 6.69. The average Bonchev–Trinajstić information content (AvgIpc) is 2.67. The maximum Gasteiger partial charge on any atom is 0.185 e. The molecule has 2 nitrogen and oxygen atoms in total. The Morgan fingerprint density at radius 3 is 1.56 bits per heavy atom. The van der Waals surface area contributed by atoms with Crippen molar-refractivity contribution in [2.24, 2.45) is 5.73 Å². The highest BCUT2D eigenvalue weighted by atomic mass is 28.4. The van der Waals surface area contributed by atoms with Gasteiger partial charge in [0.1, 0.15) is 5.60 Å². The Hall–Kier alpha value is -2.20. The first-order valence-electron chi connectivity index (χ1n) is 9.52. The first-order valence-corrected chi connectivity index (χ1v) is 12.9. The van der Waals surface area contributed by atoms with Crippen LogP contribution in [0.2, 0.25) is 19.6 Å². The van der Waals surface area contributed by atoms with Crippen LogP contribution in [-0.4, -0.2) is 14.4 Å². The Morgan fingerprint density at radius 1 is 0.741 bits per heavy atom. The van der Waals surface area contributed by atoms with Crippen molar-refractivity contribution in [1.82, 2.24) is 0 Å². The molecule has 140 valence electrons.